The number of nitrogens with one attached hydrogen (secondary N) is 1. The van der Waals surface area contributed by atoms with Gasteiger partial charge in [0.1, 0.15) is 0 Å². The van der Waals surface area contributed by atoms with E-state index >= 15 is 0 Å². The molecule has 0 radical (unpaired) electrons. The lowest BCUT2D eigenvalue weighted by Gasteiger charge is -2.24. The second-order valence-electron chi connectivity index (χ2n) is 7.40. The molecule has 1 aromatic rings. The van der Waals surface area contributed by atoms with Crippen molar-refractivity contribution in [3.8, 4) is 0 Å². The van der Waals surface area contributed by atoms with Gasteiger partial charge in [-0.15, -0.1) is 0 Å². The van der Waals surface area contributed by atoms with Gasteiger partial charge in [-0.25, -0.2) is 0 Å². The van der Waals surface area contributed by atoms with Gasteiger partial charge in [-0.05, 0) is 54.3 Å². The molecule has 20 heavy (non-hydrogen) atoms. The molecule has 1 N–H and O–H groups in total. The van der Waals surface area contributed by atoms with Gasteiger partial charge in [0.25, 0.3) is 0 Å². The van der Waals surface area contributed by atoms with Crippen LogP contribution in [-0.4, -0.2) is 13.1 Å². The van der Waals surface area contributed by atoms with Crippen molar-refractivity contribution in [3.63, 3.8) is 0 Å². The average Bonchev–Trinajstić information content (AvgIpc) is 2.33. The molecule has 0 aromatic heterocycles. The summed E-state index contributed by atoms with van der Waals surface area (Å²) in [6.07, 6.45) is 2.51. The maximum atomic E-state index is 3.62. The van der Waals surface area contributed by atoms with Gasteiger partial charge in [-0.3, -0.25) is 0 Å². The Kier molecular flexibility index (Phi) is 7.25. The molecule has 0 amide bonds. The predicted molar refractivity (Wildman–Crippen MR) is 93.3 cm³/mol. The molecule has 114 valence electrons. The van der Waals surface area contributed by atoms with Gasteiger partial charge < -0.3 is 5.32 Å². The lowest BCUT2D eigenvalue weighted by atomic mass is 9.84. The zero-order valence-electron chi connectivity index (χ0n) is 13.7. The van der Waals surface area contributed by atoms with Crippen LogP contribution < -0.4 is 5.32 Å². The fraction of sp³-hybridized carbons (Fsp3) is 0.667. The van der Waals surface area contributed by atoms with Gasteiger partial charge in [-0.2, -0.15) is 0 Å². The number of rotatable bonds is 7. The van der Waals surface area contributed by atoms with Crippen molar-refractivity contribution in [1.82, 2.24) is 5.32 Å². The van der Waals surface area contributed by atoms with Crippen molar-refractivity contribution >= 4 is 15.9 Å². The molecule has 2 heteroatoms. The zero-order valence-corrected chi connectivity index (χ0v) is 15.3. The quantitative estimate of drug-likeness (QED) is 0.681. The van der Waals surface area contributed by atoms with E-state index in [0.29, 0.717) is 17.3 Å². The van der Waals surface area contributed by atoms with Crippen LogP contribution in [0.25, 0.3) is 0 Å². The third-order valence-corrected chi connectivity index (χ3v) is 4.06. The fourth-order valence-corrected chi connectivity index (χ4v) is 2.54. The van der Waals surface area contributed by atoms with Crippen molar-refractivity contribution in [2.24, 2.45) is 11.3 Å². The van der Waals surface area contributed by atoms with E-state index in [-0.39, 0.29) is 0 Å². The highest BCUT2D eigenvalue weighted by molar-refractivity contribution is 9.10. The monoisotopic (exact) mass is 339 g/mol. The van der Waals surface area contributed by atoms with E-state index in [1.165, 1.54) is 18.4 Å². The van der Waals surface area contributed by atoms with Gasteiger partial charge in [-0.1, -0.05) is 62.7 Å². The summed E-state index contributed by atoms with van der Waals surface area (Å²) in [5.41, 5.74) is 1.86. The first-order chi connectivity index (χ1) is 9.28. The minimum Gasteiger partial charge on any atom is -0.316 e. The Labute approximate surface area is 133 Å². The maximum Gasteiger partial charge on any atom is 0.0175 e. The van der Waals surface area contributed by atoms with Crippen LogP contribution in [0.1, 0.15) is 58.9 Å². The van der Waals surface area contributed by atoms with E-state index in [1.807, 2.05) is 0 Å². The molecule has 0 aliphatic rings. The highest BCUT2D eigenvalue weighted by Crippen LogP contribution is 2.29. The van der Waals surface area contributed by atoms with Crippen molar-refractivity contribution in [2.45, 2.75) is 53.4 Å². The summed E-state index contributed by atoms with van der Waals surface area (Å²) in [6, 6.07) is 8.83. The Balaban J connectivity index is 2.65. The Morgan fingerprint density at radius 2 is 1.65 bits per heavy atom. The topological polar surface area (TPSA) is 12.0 Å². The first kappa shape index (κ1) is 17.7. The molecule has 0 saturated carbocycles. The van der Waals surface area contributed by atoms with Crippen molar-refractivity contribution in [1.29, 1.82) is 0 Å². The van der Waals surface area contributed by atoms with Crippen LogP contribution in [0.15, 0.2) is 28.7 Å². The summed E-state index contributed by atoms with van der Waals surface area (Å²) >= 11 is 3.52. The molecule has 0 aliphatic heterocycles. The van der Waals surface area contributed by atoms with Crippen LogP contribution in [0, 0.1) is 11.3 Å². The van der Waals surface area contributed by atoms with E-state index < -0.39 is 0 Å². The molecule has 1 unspecified atom stereocenters. The summed E-state index contributed by atoms with van der Waals surface area (Å²) in [5.74, 6) is 1.32. The van der Waals surface area contributed by atoms with Crippen molar-refractivity contribution in [3.05, 3.63) is 34.3 Å². The molecule has 1 nitrogen and oxygen atoms in total. The fourth-order valence-electron chi connectivity index (χ4n) is 2.28. The Bertz CT molecular complexity index is 375. The summed E-state index contributed by atoms with van der Waals surface area (Å²) in [4.78, 5) is 0. The van der Waals surface area contributed by atoms with Gasteiger partial charge in [0.2, 0.25) is 0 Å². The number of halogens is 1. The van der Waals surface area contributed by atoms with E-state index in [4.69, 9.17) is 0 Å². The van der Waals surface area contributed by atoms with Crippen molar-refractivity contribution < 1.29 is 0 Å². The number of hydrogen-bond acceptors (Lipinski definition) is 1. The molecule has 0 spiro atoms. The van der Waals surface area contributed by atoms with E-state index in [1.54, 1.807) is 0 Å². The second kappa shape index (κ2) is 8.19. The van der Waals surface area contributed by atoms with Crippen molar-refractivity contribution in [2.75, 3.05) is 13.1 Å². The van der Waals surface area contributed by atoms with Crippen LogP contribution in [0.2, 0.25) is 0 Å². The van der Waals surface area contributed by atoms with Crippen LogP contribution in [0.5, 0.6) is 0 Å². The lowest BCUT2D eigenvalue weighted by Crippen LogP contribution is -2.26. The average molecular weight is 340 g/mol. The first-order valence-electron chi connectivity index (χ1n) is 7.74. The highest BCUT2D eigenvalue weighted by atomic mass is 79.9. The van der Waals surface area contributed by atoms with Crippen LogP contribution in [0.4, 0.5) is 0 Å². The summed E-state index contributed by atoms with van der Waals surface area (Å²) < 4.78 is 1.16. The van der Waals surface area contributed by atoms with Gasteiger partial charge in [0.15, 0.2) is 0 Å². The smallest absolute Gasteiger partial charge is 0.0175 e. The molecule has 0 saturated heterocycles. The minimum absolute atomic E-state index is 0.408. The Hall–Kier alpha value is -0.340. The normalized spacial score (nSPS) is 13.8. The molecule has 1 aromatic carbocycles. The second-order valence-corrected chi connectivity index (χ2v) is 8.32. The molecule has 1 atom stereocenters. The van der Waals surface area contributed by atoms with E-state index in [9.17, 15) is 0 Å². The first-order valence-corrected chi connectivity index (χ1v) is 8.53. The molecule has 0 aliphatic carbocycles. The summed E-state index contributed by atoms with van der Waals surface area (Å²) in [6.45, 7) is 13.7. The minimum atomic E-state index is 0.408. The molecule has 0 heterocycles. The predicted octanol–water partition coefficient (Wildman–Crippen LogP) is 5.60. The summed E-state index contributed by atoms with van der Waals surface area (Å²) in [7, 11) is 0. The Morgan fingerprint density at radius 3 is 2.15 bits per heavy atom. The SMILES string of the molecule is CC(C)CNCC(CCC(C)(C)C)c1ccc(Br)cc1. The van der Waals surface area contributed by atoms with Gasteiger partial charge >= 0.3 is 0 Å². The molecule has 0 bridgehead atoms. The maximum absolute atomic E-state index is 3.62. The number of benzene rings is 1. The molecular weight excluding hydrogens is 310 g/mol. The number of hydrogen-bond donors (Lipinski definition) is 1. The largest absolute Gasteiger partial charge is 0.316 e. The zero-order chi connectivity index (χ0) is 15.2. The van der Waals surface area contributed by atoms with Crippen LogP contribution >= 0.6 is 15.9 Å². The van der Waals surface area contributed by atoms with Crippen LogP contribution in [-0.2, 0) is 0 Å². The third kappa shape index (κ3) is 7.44. The van der Waals surface area contributed by atoms with E-state index in [2.05, 4.69) is 80.1 Å². The Morgan fingerprint density at radius 1 is 1.05 bits per heavy atom. The highest BCUT2D eigenvalue weighted by Gasteiger charge is 2.17. The third-order valence-electron chi connectivity index (χ3n) is 3.53. The molecular formula is C18H30BrN. The summed E-state index contributed by atoms with van der Waals surface area (Å²) in [5, 5.41) is 3.62. The van der Waals surface area contributed by atoms with Gasteiger partial charge in [0.05, 0.1) is 0 Å². The molecule has 1 rings (SSSR count). The lowest BCUT2D eigenvalue weighted by molar-refractivity contribution is 0.343. The van der Waals surface area contributed by atoms with E-state index in [0.717, 1.165) is 17.6 Å². The van der Waals surface area contributed by atoms with Crippen LogP contribution in [0.3, 0.4) is 0 Å². The molecule has 0 fully saturated rings. The standard InChI is InChI=1S/C18H30BrN/c1-14(2)12-20-13-16(10-11-18(3,4)5)15-6-8-17(19)9-7-15/h6-9,14,16,20H,10-13H2,1-5H3. The van der Waals surface area contributed by atoms with Gasteiger partial charge in [0, 0.05) is 11.0 Å².